The predicted octanol–water partition coefficient (Wildman–Crippen LogP) is 3.40. The first-order chi connectivity index (χ1) is 15.9. The van der Waals surface area contributed by atoms with Crippen molar-refractivity contribution in [1.29, 1.82) is 0 Å². The van der Waals surface area contributed by atoms with Gasteiger partial charge in [-0.05, 0) is 61.7 Å². The van der Waals surface area contributed by atoms with E-state index in [1.165, 1.54) is 18.1 Å². The number of benzene rings is 2. The maximum atomic E-state index is 13.1. The summed E-state index contributed by atoms with van der Waals surface area (Å²) in [6, 6.07) is 10.4. The lowest BCUT2D eigenvalue weighted by Gasteiger charge is -2.28. The highest BCUT2D eigenvalue weighted by Gasteiger charge is 2.47. The summed E-state index contributed by atoms with van der Waals surface area (Å²) in [5, 5.41) is 21.3. The van der Waals surface area contributed by atoms with Crippen LogP contribution in [0.5, 0.6) is 17.2 Å². The summed E-state index contributed by atoms with van der Waals surface area (Å²) in [7, 11) is 1.53. The molecule has 2 atom stereocenters. The zero-order valence-electron chi connectivity index (χ0n) is 18.6. The summed E-state index contributed by atoms with van der Waals surface area (Å²) in [6.07, 6.45) is 1.49. The number of phenols is 1. The summed E-state index contributed by atoms with van der Waals surface area (Å²) in [5.74, 6) is -0.952. The second-order valence-corrected chi connectivity index (χ2v) is 7.98. The van der Waals surface area contributed by atoms with Crippen LogP contribution in [0.3, 0.4) is 0 Å². The number of phenolic OH excluding ortho intramolecular Hbond substituents is 1. The molecule has 2 fully saturated rings. The highest BCUT2D eigenvalue weighted by atomic mass is 16.5. The van der Waals surface area contributed by atoms with Crippen LogP contribution in [0.2, 0.25) is 0 Å². The fraction of sp³-hybridized carbons (Fsp3) is 0.360. The number of nitrogens with zero attached hydrogens (tertiary/aromatic N) is 1. The molecule has 2 saturated heterocycles. The number of likely N-dealkylation sites (tertiary alicyclic amines) is 1. The Hall–Kier alpha value is -3.52. The number of amides is 1. The Bertz CT molecular complexity index is 1070. The van der Waals surface area contributed by atoms with E-state index in [0.29, 0.717) is 30.1 Å². The quantitative estimate of drug-likeness (QED) is 0.376. The van der Waals surface area contributed by atoms with Gasteiger partial charge in [0.2, 0.25) is 0 Å². The zero-order chi connectivity index (χ0) is 23.5. The van der Waals surface area contributed by atoms with Gasteiger partial charge in [-0.2, -0.15) is 0 Å². The third kappa shape index (κ3) is 4.39. The van der Waals surface area contributed by atoms with Gasteiger partial charge in [-0.1, -0.05) is 6.07 Å². The summed E-state index contributed by atoms with van der Waals surface area (Å²) >= 11 is 0. The van der Waals surface area contributed by atoms with Gasteiger partial charge in [-0.15, -0.1) is 0 Å². The van der Waals surface area contributed by atoms with Gasteiger partial charge in [-0.3, -0.25) is 9.59 Å². The molecule has 2 aliphatic rings. The molecule has 2 heterocycles. The number of carbonyl (C=O) groups excluding carboxylic acids is 2. The Balaban J connectivity index is 1.83. The number of aliphatic hydroxyl groups is 1. The molecule has 0 saturated carbocycles. The van der Waals surface area contributed by atoms with Crippen LogP contribution >= 0.6 is 0 Å². The molecule has 8 nitrogen and oxygen atoms in total. The minimum absolute atomic E-state index is 0.0173. The number of methoxy groups -OCH3 is 1. The van der Waals surface area contributed by atoms with E-state index in [-0.39, 0.29) is 35.5 Å². The van der Waals surface area contributed by atoms with E-state index >= 15 is 0 Å². The number of rotatable bonds is 7. The highest BCUT2D eigenvalue weighted by Crippen LogP contribution is 2.42. The first-order valence-corrected chi connectivity index (χ1v) is 10.9. The first-order valence-electron chi connectivity index (χ1n) is 10.9. The van der Waals surface area contributed by atoms with Crippen LogP contribution in [-0.4, -0.2) is 59.8 Å². The molecule has 8 heteroatoms. The van der Waals surface area contributed by atoms with E-state index in [1.54, 1.807) is 43.3 Å². The molecule has 2 unspecified atom stereocenters. The van der Waals surface area contributed by atoms with Crippen molar-refractivity contribution in [2.24, 2.45) is 0 Å². The van der Waals surface area contributed by atoms with Crippen molar-refractivity contribution in [3.05, 3.63) is 59.2 Å². The first kappa shape index (κ1) is 22.7. The van der Waals surface area contributed by atoms with Gasteiger partial charge in [0, 0.05) is 18.7 Å². The maximum Gasteiger partial charge on any atom is 0.295 e. The van der Waals surface area contributed by atoms with Crippen molar-refractivity contribution in [2.75, 3.05) is 26.9 Å². The van der Waals surface area contributed by atoms with Crippen LogP contribution in [0.25, 0.3) is 5.76 Å². The molecule has 0 aromatic heterocycles. The van der Waals surface area contributed by atoms with E-state index in [4.69, 9.17) is 14.2 Å². The molecular weight excluding hydrogens is 426 g/mol. The lowest BCUT2D eigenvalue weighted by atomic mass is 9.94. The average molecular weight is 453 g/mol. The lowest BCUT2D eigenvalue weighted by molar-refractivity contribution is -0.140. The molecule has 0 spiro atoms. The molecule has 2 N–H and O–H groups in total. The standard InChI is InChI=1S/C25H27NO7/c1-3-32-20-13-16(8-11-19(20)27)22-21(23(28)15-6-9-17(31-2)10-7-15)24(29)25(30)26(22)14-18-5-4-12-33-18/h6-11,13,18,22,27-28H,3-5,12,14H2,1-2H3. The summed E-state index contributed by atoms with van der Waals surface area (Å²) in [4.78, 5) is 27.6. The van der Waals surface area contributed by atoms with E-state index in [1.807, 2.05) is 0 Å². The molecule has 2 aromatic rings. The van der Waals surface area contributed by atoms with Gasteiger partial charge in [0.15, 0.2) is 11.5 Å². The Labute approximate surface area is 192 Å². The number of hydrogen-bond acceptors (Lipinski definition) is 7. The van der Waals surface area contributed by atoms with Crippen molar-refractivity contribution in [3.8, 4) is 17.2 Å². The molecule has 0 aliphatic carbocycles. The third-order valence-electron chi connectivity index (χ3n) is 5.93. The number of hydrogen-bond donors (Lipinski definition) is 2. The van der Waals surface area contributed by atoms with Gasteiger partial charge in [0.25, 0.3) is 11.7 Å². The maximum absolute atomic E-state index is 13.1. The van der Waals surface area contributed by atoms with Gasteiger partial charge >= 0.3 is 0 Å². The van der Waals surface area contributed by atoms with Crippen LogP contribution in [0.4, 0.5) is 0 Å². The van der Waals surface area contributed by atoms with Crippen LogP contribution in [0, 0.1) is 0 Å². The fourth-order valence-corrected chi connectivity index (χ4v) is 4.30. The van der Waals surface area contributed by atoms with Crippen LogP contribution in [0.1, 0.15) is 36.9 Å². The van der Waals surface area contributed by atoms with Crippen LogP contribution in [-0.2, 0) is 14.3 Å². The van der Waals surface area contributed by atoms with Gasteiger partial charge in [0.1, 0.15) is 11.5 Å². The van der Waals surface area contributed by atoms with Gasteiger partial charge in [-0.25, -0.2) is 0 Å². The summed E-state index contributed by atoms with van der Waals surface area (Å²) in [6.45, 7) is 2.95. The van der Waals surface area contributed by atoms with Crippen molar-refractivity contribution in [3.63, 3.8) is 0 Å². The Morgan fingerprint density at radius 3 is 2.58 bits per heavy atom. The minimum Gasteiger partial charge on any atom is -0.507 e. The third-order valence-corrected chi connectivity index (χ3v) is 5.93. The normalized spacial score (nSPS) is 22.1. The second kappa shape index (κ2) is 9.54. The Kier molecular flexibility index (Phi) is 6.55. The van der Waals surface area contributed by atoms with E-state index in [0.717, 1.165) is 12.8 Å². The van der Waals surface area contributed by atoms with E-state index in [9.17, 15) is 19.8 Å². The smallest absolute Gasteiger partial charge is 0.295 e. The number of aromatic hydroxyl groups is 1. The van der Waals surface area contributed by atoms with Crippen molar-refractivity contribution in [2.45, 2.75) is 31.9 Å². The number of Topliss-reactive ketones (excluding diaryl/α,β-unsaturated/α-hetero) is 1. The summed E-state index contributed by atoms with van der Waals surface area (Å²) < 4.78 is 16.4. The number of carbonyl (C=O) groups is 2. The molecule has 0 bridgehead atoms. The van der Waals surface area contributed by atoms with Gasteiger partial charge in [0.05, 0.1) is 31.4 Å². The van der Waals surface area contributed by atoms with Crippen LogP contribution < -0.4 is 9.47 Å². The Morgan fingerprint density at radius 2 is 1.94 bits per heavy atom. The van der Waals surface area contributed by atoms with Crippen molar-refractivity contribution >= 4 is 17.4 Å². The molecule has 4 rings (SSSR count). The van der Waals surface area contributed by atoms with Crippen LogP contribution in [0.15, 0.2) is 48.0 Å². The zero-order valence-corrected chi connectivity index (χ0v) is 18.6. The number of ether oxygens (including phenoxy) is 3. The molecule has 2 aliphatic heterocycles. The Morgan fingerprint density at radius 1 is 1.18 bits per heavy atom. The average Bonchev–Trinajstić information content (AvgIpc) is 3.43. The van der Waals surface area contributed by atoms with Crippen molar-refractivity contribution < 1.29 is 34.0 Å². The molecule has 33 heavy (non-hydrogen) atoms. The molecular formula is C25H27NO7. The lowest BCUT2D eigenvalue weighted by Crippen LogP contribution is -2.36. The molecule has 1 amide bonds. The monoisotopic (exact) mass is 453 g/mol. The molecule has 0 radical (unpaired) electrons. The predicted molar refractivity (Wildman–Crippen MR) is 120 cm³/mol. The summed E-state index contributed by atoms with van der Waals surface area (Å²) in [5.41, 5.74) is 0.916. The van der Waals surface area contributed by atoms with Crippen molar-refractivity contribution in [1.82, 2.24) is 4.90 Å². The van der Waals surface area contributed by atoms with E-state index < -0.39 is 17.7 Å². The number of ketones is 1. The SMILES string of the molecule is CCOc1cc(C2C(=C(O)c3ccc(OC)cc3)C(=O)C(=O)N2CC2CCCO2)ccc1O. The topological polar surface area (TPSA) is 106 Å². The highest BCUT2D eigenvalue weighted by molar-refractivity contribution is 6.46. The molecule has 174 valence electrons. The number of aliphatic hydroxyl groups excluding tert-OH is 1. The minimum atomic E-state index is -0.851. The fourth-order valence-electron chi connectivity index (χ4n) is 4.30. The van der Waals surface area contributed by atoms with E-state index in [2.05, 4.69) is 0 Å². The largest absolute Gasteiger partial charge is 0.507 e. The second-order valence-electron chi connectivity index (χ2n) is 7.98. The molecule has 2 aromatic carbocycles. The van der Waals surface area contributed by atoms with Gasteiger partial charge < -0.3 is 29.3 Å².